The van der Waals surface area contributed by atoms with Crippen LogP contribution in [-0.2, 0) is 14.4 Å². The fraction of sp³-hybridized carbons (Fsp3) is 0.667. The molecule has 6 nitrogen and oxygen atoms in total. The van der Waals surface area contributed by atoms with E-state index < -0.39 is 17.9 Å². The first kappa shape index (κ1) is 13.4. The zero-order valence-electron chi connectivity index (χ0n) is 8.82. The molecular weight excluding hydrogens is 200 g/mol. The van der Waals surface area contributed by atoms with Gasteiger partial charge < -0.3 is 16.2 Å². The van der Waals surface area contributed by atoms with Gasteiger partial charge in [-0.25, -0.2) is 4.79 Å². The minimum absolute atomic E-state index is 0.0170. The second kappa shape index (κ2) is 6.00. The summed E-state index contributed by atoms with van der Waals surface area (Å²) in [6.07, 6.45) is -0.0432. The van der Waals surface area contributed by atoms with Crippen LogP contribution in [0.25, 0.3) is 0 Å². The third-order valence-corrected chi connectivity index (χ3v) is 1.82. The van der Waals surface area contributed by atoms with Gasteiger partial charge in [-0.15, -0.1) is 0 Å². The lowest BCUT2D eigenvalue weighted by atomic mass is 10.1. The summed E-state index contributed by atoms with van der Waals surface area (Å²) in [6.45, 7) is 3.31. The van der Waals surface area contributed by atoms with Crippen molar-refractivity contribution in [3.05, 3.63) is 0 Å². The van der Waals surface area contributed by atoms with Crippen molar-refractivity contribution in [2.24, 2.45) is 11.7 Å². The van der Waals surface area contributed by atoms with Gasteiger partial charge in [0.1, 0.15) is 6.04 Å². The minimum atomic E-state index is -1.16. The monoisotopic (exact) mass is 216 g/mol. The number of hydrogen-bond acceptors (Lipinski definition) is 3. The van der Waals surface area contributed by atoms with Crippen molar-refractivity contribution in [3.8, 4) is 0 Å². The molecule has 1 unspecified atom stereocenters. The van der Waals surface area contributed by atoms with Crippen LogP contribution in [0.15, 0.2) is 0 Å². The van der Waals surface area contributed by atoms with Crippen LogP contribution >= 0.6 is 0 Å². The van der Waals surface area contributed by atoms with Gasteiger partial charge in [-0.3, -0.25) is 9.59 Å². The van der Waals surface area contributed by atoms with Crippen LogP contribution in [0, 0.1) is 5.92 Å². The Morgan fingerprint density at radius 3 is 2.20 bits per heavy atom. The molecule has 0 saturated heterocycles. The van der Waals surface area contributed by atoms with Gasteiger partial charge in [0.05, 0.1) is 0 Å². The van der Waals surface area contributed by atoms with Gasteiger partial charge in [0.2, 0.25) is 11.8 Å². The van der Waals surface area contributed by atoms with Crippen molar-refractivity contribution >= 4 is 17.8 Å². The van der Waals surface area contributed by atoms with Crippen LogP contribution in [0.2, 0.25) is 0 Å². The average Bonchev–Trinajstić information content (AvgIpc) is 2.10. The Hall–Kier alpha value is -1.59. The smallest absolute Gasteiger partial charge is 0.326 e. The highest BCUT2D eigenvalue weighted by molar-refractivity contribution is 5.85. The molecule has 2 amide bonds. The highest BCUT2D eigenvalue weighted by Crippen LogP contribution is 2.00. The predicted octanol–water partition coefficient (Wildman–Crippen LogP) is -0.523. The Morgan fingerprint density at radius 1 is 1.33 bits per heavy atom. The molecular formula is C9H16N2O4. The molecule has 0 rings (SSSR count). The van der Waals surface area contributed by atoms with Crippen LogP contribution in [0.3, 0.4) is 0 Å². The van der Waals surface area contributed by atoms with E-state index in [1.807, 2.05) is 0 Å². The first-order valence-electron chi connectivity index (χ1n) is 4.66. The summed E-state index contributed by atoms with van der Waals surface area (Å²) in [4.78, 5) is 32.4. The molecule has 0 aliphatic heterocycles. The number of carbonyl (C=O) groups is 3. The molecule has 0 radical (unpaired) electrons. The molecule has 1 atom stereocenters. The average molecular weight is 216 g/mol. The van der Waals surface area contributed by atoms with Crippen molar-refractivity contribution in [2.45, 2.75) is 32.7 Å². The summed E-state index contributed by atoms with van der Waals surface area (Å²) in [7, 11) is 0. The van der Waals surface area contributed by atoms with E-state index in [2.05, 4.69) is 5.32 Å². The number of carboxylic acids is 1. The number of aliphatic carboxylic acids is 1. The van der Waals surface area contributed by atoms with Gasteiger partial charge in [-0.2, -0.15) is 0 Å². The number of rotatable bonds is 6. The summed E-state index contributed by atoms with van der Waals surface area (Å²) in [5.41, 5.74) is 4.89. The molecule has 0 aliphatic carbocycles. The summed E-state index contributed by atoms with van der Waals surface area (Å²) >= 11 is 0. The van der Waals surface area contributed by atoms with Gasteiger partial charge in [-0.05, 0) is 6.42 Å². The van der Waals surface area contributed by atoms with Crippen LogP contribution in [0.5, 0.6) is 0 Å². The third-order valence-electron chi connectivity index (χ3n) is 1.82. The molecule has 15 heavy (non-hydrogen) atoms. The molecule has 6 heteroatoms. The number of hydrogen-bond donors (Lipinski definition) is 3. The normalized spacial score (nSPS) is 12.2. The summed E-state index contributed by atoms with van der Waals surface area (Å²) in [5.74, 6) is -2.39. The number of nitrogens with two attached hydrogens (primary N) is 1. The number of nitrogens with one attached hydrogen (secondary N) is 1. The van der Waals surface area contributed by atoms with E-state index in [1.165, 1.54) is 0 Å². The van der Waals surface area contributed by atoms with Crippen molar-refractivity contribution < 1.29 is 19.5 Å². The summed E-state index contributed by atoms with van der Waals surface area (Å²) in [6, 6.07) is -1.05. The lowest BCUT2D eigenvalue weighted by Gasteiger charge is -2.15. The molecule has 0 aromatic rings. The Labute approximate surface area is 87.8 Å². The third kappa shape index (κ3) is 5.66. The SMILES string of the molecule is CC(C)C(=O)NC(CCC(N)=O)C(=O)O. The van der Waals surface area contributed by atoms with Crippen LogP contribution in [0.4, 0.5) is 0 Å². The van der Waals surface area contributed by atoms with Crippen molar-refractivity contribution in [2.75, 3.05) is 0 Å². The fourth-order valence-corrected chi connectivity index (χ4v) is 0.882. The van der Waals surface area contributed by atoms with E-state index in [0.717, 1.165) is 0 Å². The first-order chi connectivity index (χ1) is 6.84. The second-order valence-corrected chi connectivity index (χ2v) is 3.56. The second-order valence-electron chi connectivity index (χ2n) is 3.56. The number of amides is 2. The largest absolute Gasteiger partial charge is 0.480 e. The van der Waals surface area contributed by atoms with Gasteiger partial charge >= 0.3 is 5.97 Å². The van der Waals surface area contributed by atoms with Gasteiger partial charge in [0.25, 0.3) is 0 Å². The van der Waals surface area contributed by atoms with Crippen molar-refractivity contribution in [1.29, 1.82) is 0 Å². The number of primary amides is 1. The topological polar surface area (TPSA) is 109 Å². The quantitative estimate of drug-likeness (QED) is 0.554. The van der Waals surface area contributed by atoms with Crippen LogP contribution < -0.4 is 11.1 Å². The van der Waals surface area contributed by atoms with Gasteiger partial charge in [0.15, 0.2) is 0 Å². The molecule has 0 aromatic carbocycles. The molecule has 0 bridgehead atoms. The Bertz CT molecular complexity index is 263. The van der Waals surface area contributed by atoms with E-state index in [-0.39, 0.29) is 24.7 Å². The van der Waals surface area contributed by atoms with Crippen molar-refractivity contribution in [1.82, 2.24) is 5.32 Å². The Balaban J connectivity index is 4.22. The van der Waals surface area contributed by atoms with Gasteiger partial charge in [-0.1, -0.05) is 13.8 Å². The lowest BCUT2D eigenvalue weighted by molar-refractivity contribution is -0.142. The zero-order chi connectivity index (χ0) is 12.0. The highest BCUT2D eigenvalue weighted by Gasteiger charge is 2.21. The van der Waals surface area contributed by atoms with E-state index in [4.69, 9.17) is 10.8 Å². The maximum absolute atomic E-state index is 11.2. The molecule has 0 fully saturated rings. The Morgan fingerprint density at radius 2 is 1.87 bits per heavy atom. The molecule has 0 saturated carbocycles. The molecule has 0 spiro atoms. The molecule has 0 aliphatic rings. The maximum atomic E-state index is 11.2. The molecule has 4 N–H and O–H groups in total. The zero-order valence-corrected chi connectivity index (χ0v) is 8.82. The maximum Gasteiger partial charge on any atom is 0.326 e. The van der Waals surface area contributed by atoms with Gasteiger partial charge in [0, 0.05) is 12.3 Å². The van der Waals surface area contributed by atoms with E-state index in [1.54, 1.807) is 13.8 Å². The minimum Gasteiger partial charge on any atom is -0.480 e. The lowest BCUT2D eigenvalue weighted by Crippen LogP contribution is -2.43. The molecule has 0 heterocycles. The fourth-order valence-electron chi connectivity index (χ4n) is 0.882. The summed E-state index contributed by atoms with van der Waals surface area (Å²) < 4.78 is 0. The number of carboxylic acid groups (broad SMARTS) is 1. The standard InChI is InChI=1S/C9H16N2O4/c1-5(2)8(13)11-6(9(14)15)3-4-7(10)12/h5-6H,3-4H2,1-2H3,(H2,10,12)(H,11,13)(H,14,15). The predicted molar refractivity (Wildman–Crippen MR) is 52.8 cm³/mol. The number of carbonyl (C=O) groups excluding carboxylic acids is 2. The van der Waals surface area contributed by atoms with Crippen LogP contribution in [-0.4, -0.2) is 28.9 Å². The molecule has 86 valence electrons. The van der Waals surface area contributed by atoms with E-state index in [0.29, 0.717) is 0 Å². The van der Waals surface area contributed by atoms with E-state index >= 15 is 0 Å². The molecule has 0 aromatic heterocycles. The highest BCUT2D eigenvalue weighted by atomic mass is 16.4. The van der Waals surface area contributed by atoms with Crippen molar-refractivity contribution in [3.63, 3.8) is 0 Å². The van der Waals surface area contributed by atoms with Crippen LogP contribution in [0.1, 0.15) is 26.7 Å². The Kier molecular flexibility index (Phi) is 5.36. The summed E-state index contributed by atoms with van der Waals surface area (Å²) in [5, 5.41) is 11.1. The van der Waals surface area contributed by atoms with E-state index in [9.17, 15) is 14.4 Å². The first-order valence-corrected chi connectivity index (χ1v) is 4.66.